The van der Waals surface area contributed by atoms with Gasteiger partial charge in [0.25, 0.3) is 0 Å². The first-order valence-corrected chi connectivity index (χ1v) is 6.31. The molecule has 0 bridgehead atoms. The lowest BCUT2D eigenvalue weighted by Gasteiger charge is -2.17. The zero-order chi connectivity index (χ0) is 13.1. The second-order valence-electron chi connectivity index (χ2n) is 4.86. The zero-order valence-electron chi connectivity index (χ0n) is 11.2. The van der Waals surface area contributed by atoms with Gasteiger partial charge in [-0.1, -0.05) is 18.2 Å². The number of fused-ring (bicyclic) bond motifs is 1. The van der Waals surface area contributed by atoms with Gasteiger partial charge in [0.05, 0.1) is 24.3 Å². The van der Waals surface area contributed by atoms with Crippen molar-refractivity contribution >= 4 is 10.9 Å². The van der Waals surface area contributed by atoms with Crippen molar-refractivity contribution in [3.63, 3.8) is 0 Å². The maximum atomic E-state index is 6.23. The van der Waals surface area contributed by atoms with Gasteiger partial charge in [-0.05, 0) is 38.5 Å². The number of aryl methyl sites for hydroxylation is 1. The summed E-state index contributed by atoms with van der Waals surface area (Å²) in [6.45, 7) is 6.56. The number of hydrogen-bond acceptors (Lipinski definition) is 3. The Morgan fingerprint density at radius 1 is 1.28 bits per heavy atom. The first-order valence-electron chi connectivity index (χ1n) is 6.31. The van der Waals surface area contributed by atoms with Crippen LogP contribution in [-0.4, -0.2) is 17.7 Å². The van der Waals surface area contributed by atoms with E-state index in [4.69, 9.17) is 10.5 Å². The summed E-state index contributed by atoms with van der Waals surface area (Å²) in [6, 6.07) is 10.0. The summed E-state index contributed by atoms with van der Waals surface area (Å²) < 4.78 is 5.60. The molecule has 0 saturated heterocycles. The fraction of sp³-hybridized carbons (Fsp3) is 0.400. The minimum Gasteiger partial charge on any atom is -0.377 e. The van der Waals surface area contributed by atoms with Gasteiger partial charge in [-0.15, -0.1) is 0 Å². The summed E-state index contributed by atoms with van der Waals surface area (Å²) in [7, 11) is 0. The van der Waals surface area contributed by atoms with Gasteiger partial charge in [0.15, 0.2) is 0 Å². The van der Waals surface area contributed by atoms with Crippen LogP contribution in [-0.2, 0) is 4.74 Å². The van der Waals surface area contributed by atoms with Crippen LogP contribution in [0.1, 0.15) is 31.1 Å². The number of rotatable bonds is 4. The molecule has 0 spiro atoms. The van der Waals surface area contributed by atoms with Gasteiger partial charge in [0, 0.05) is 11.1 Å². The van der Waals surface area contributed by atoms with Gasteiger partial charge in [-0.2, -0.15) is 0 Å². The predicted molar refractivity (Wildman–Crippen MR) is 74.5 cm³/mol. The van der Waals surface area contributed by atoms with Crippen LogP contribution in [0.3, 0.4) is 0 Å². The van der Waals surface area contributed by atoms with Crippen molar-refractivity contribution in [1.82, 2.24) is 4.98 Å². The maximum absolute atomic E-state index is 6.23. The van der Waals surface area contributed by atoms with Gasteiger partial charge in [0.1, 0.15) is 0 Å². The second kappa shape index (κ2) is 5.46. The Morgan fingerprint density at radius 3 is 2.72 bits per heavy atom. The fourth-order valence-corrected chi connectivity index (χ4v) is 2.03. The van der Waals surface area contributed by atoms with E-state index in [0.29, 0.717) is 6.61 Å². The van der Waals surface area contributed by atoms with E-state index in [9.17, 15) is 0 Å². The monoisotopic (exact) mass is 244 g/mol. The molecule has 1 aromatic carbocycles. The number of aromatic nitrogens is 1. The molecule has 0 aliphatic carbocycles. The highest BCUT2D eigenvalue weighted by atomic mass is 16.5. The van der Waals surface area contributed by atoms with E-state index >= 15 is 0 Å². The third-order valence-corrected chi connectivity index (χ3v) is 2.88. The highest BCUT2D eigenvalue weighted by molar-refractivity contribution is 5.82. The molecule has 0 amide bonds. The van der Waals surface area contributed by atoms with Crippen LogP contribution in [0.2, 0.25) is 0 Å². The van der Waals surface area contributed by atoms with Gasteiger partial charge >= 0.3 is 0 Å². The minimum absolute atomic E-state index is 0.112. The minimum atomic E-state index is -0.112. The number of ether oxygens (including phenoxy) is 1. The van der Waals surface area contributed by atoms with Crippen LogP contribution in [0.5, 0.6) is 0 Å². The summed E-state index contributed by atoms with van der Waals surface area (Å²) in [4.78, 5) is 4.52. The molecule has 0 aliphatic heterocycles. The first kappa shape index (κ1) is 13.0. The van der Waals surface area contributed by atoms with Gasteiger partial charge in [0.2, 0.25) is 0 Å². The van der Waals surface area contributed by atoms with E-state index in [0.717, 1.165) is 22.2 Å². The van der Waals surface area contributed by atoms with Crippen LogP contribution in [0.25, 0.3) is 10.9 Å². The Bertz CT molecular complexity index is 537. The van der Waals surface area contributed by atoms with E-state index in [1.165, 1.54) is 0 Å². The zero-order valence-corrected chi connectivity index (χ0v) is 11.2. The number of nitrogens with zero attached hydrogens (tertiary/aromatic N) is 1. The highest BCUT2D eigenvalue weighted by Gasteiger charge is 2.12. The molecule has 1 heterocycles. The predicted octanol–water partition coefficient (Wildman–Crippen LogP) is 2.97. The molecular weight excluding hydrogens is 224 g/mol. The van der Waals surface area contributed by atoms with Gasteiger partial charge in [-0.25, -0.2) is 0 Å². The molecular formula is C15H20N2O. The molecule has 1 aromatic heterocycles. The number of benzene rings is 1. The van der Waals surface area contributed by atoms with Crippen LogP contribution in [0.4, 0.5) is 0 Å². The van der Waals surface area contributed by atoms with E-state index in [1.54, 1.807) is 0 Å². The molecule has 0 radical (unpaired) electrons. The van der Waals surface area contributed by atoms with Crippen LogP contribution in [0, 0.1) is 6.92 Å². The lowest BCUT2D eigenvalue weighted by atomic mass is 10.0. The quantitative estimate of drug-likeness (QED) is 0.899. The van der Waals surface area contributed by atoms with Gasteiger partial charge in [-0.3, -0.25) is 4.98 Å². The number of hydrogen-bond donors (Lipinski definition) is 1. The molecule has 0 aliphatic rings. The van der Waals surface area contributed by atoms with Crippen molar-refractivity contribution in [2.45, 2.75) is 32.9 Å². The lowest BCUT2D eigenvalue weighted by Crippen LogP contribution is -2.20. The maximum Gasteiger partial charge on any atom is 0.0708 e. The van der Waals surface area contributed by atoms with Gasteiger partial charge < -0.3 is 10.5 Å². The third kappa shape index (κ3) is 2.86. The molecule has 2 rings (SSSR count). The van der Waals surface area contributed by atoms with Crippen molar-refractivity contribution in [3.8, 4) is 0 Å². The molecule has 3 nitrogen and oxygen atoms in total. The SMILES string of the molecule is Cc1cc(C(N)COC(C)C)c2ccccc2n1. The van der Waals surface area contributed by atoms with E-state index in [-0.39, 0.29) is 12.1 Å². The molecule has 0 saturated carbocycles. The average molecular weight is 244 g/mol. The molecule has 2 aromatic rings. The first-order chi connectivity index (χ1) is 8.58. The standard InChI is InChI=1S/C15H20N2O/c1-10(2)18-9-14(16)13-8-11(3)17-15-7-5-4-6-12(13)15/h4-8,10,14H,9,16H2,1-3H3. The Hall–Kier alpha value is -1.45. The van der Waals surface area contributed by atoms with Crippen molar-refractivity contribution in [2.75, 3.05) is 6.61 Å². The summed E-state index contributed by atoms with van der Waals surface area (Å²) in [6.07, 6.45) is 0.199. The Balaban J connectivity index is 2.36. The van der Waals surface area contributed by atoms with E-state index in [1.807, 2.05) is 39.0 Å². The van der Waals surface area contributed by atoms with Crippen molar-refractivity contribution in [2.24, 2.45) is 5.73 Å². The Morgan fingerprint density at radius 2 is 2.00 bits per heavy atom. The summed E-state index contributed by atoms with van der Waals surface area (Å²) in [5.74, 6) is 0. The van der Waals surface area contributed by atoms with E-state index < -0.39 is 0 Å². The lowest BCUT2D eigenvalue weighted by molar-refractivity contribution is 0.0685. The normalized spacial score (nSPS) is 13.2. The van der Waals surface area contributed by atoms with Crippen LogP contribution >= 0.6 is 0 Å². The molecule has 1 atom stereocenters. The summed E-state index contributed by atoms with van der Waals surface area (Å²) in [5.41, 5.74) is 9.32. The summed E-state index contributed by atoms with van der Waals surface area (Å²) in [5, 5.41) is 1.11. The van der Waals surface area contributed by atoms with Crippen molar-refractivity contribution in [1.29, 1.82) is 0 Å². The number of pyridine rings is 1. The largest absolute Gasteiger partial charge is 0.377 e. The highest BCUT2D eigenvalue weighted by Crippen LogP contribution is 2.23. The third-order valence-electron chi connectivity index (χ3n) is 2.88. The summed E-state index contributed by atoms with van der Waals surface area (Å²) >= 11 is 0. The van der Waals surface area contributed by atoms with E-state index in [2.05, 4.69) is 17.1 Å². The molecule has 96 valence electrons. The van der Waals surface area contributed by atoms with Crippen LogP contribution in [0.15, 0.2) is 30.3 Å². The number of nitrogens with two attached hydrogens (primary N) is 1. The second-order valence-corrected chi connectivity index (χ2v) is 4.86. The smallest absolute Gasteiger partial charge is 0.0708 e. The average Bonchev–Trinajstić information content (AvgIpc) is 2.34. The Labute approximate surface area is 108 Å². The molecule has 3 heteroatoms. The Kier molecular flexibility index (Phi) is 3.94. The topological polar surface area (TPSA) is 48.1 Å². The number of para-hydroxylation sites is 1. The fourth-order valence-electron chi connectivity index (χ4n) is 2.03. The molecule has 1 unspecified atom stereocenters. The molecule has 18 heavy (non-hydrogen) atoms. The molecule has 0 fully saturated rings. The van der Waals surface area contributed by atoms with Crippen molar-refractivity contribution in [3.05, 3.63) is 41.6 Å². The van der Waals surface area contributed by atoms with Crippen LogP contribution < -0.4 is 5.73 Å². The molecule has 2 N–H and O–H groups in total. The van der Waals surface area contributed by atoms with Crippen molar-refractivity contribution < 1.29 is 4.74 Å².